The van der Waals surface area contributed by atoms with Gasteiger partial charge in [0.15, 0.2) is 11.5 Å². The van der Waals surface area contributed by atoms with Gasteiger partial charge in [0.2, 0.25) is 12.7 Å². The number of carbonyl (C=O) groups excluding carboxylic acids is 2. The lowest BCUT2D eigenvalue weighted by Gasteiger charge is -2.18. The molecular weight excluding hydrogens is 378 g/mol. The first-order valence-electron chi connectivity index (χ1n) is 9.07. The van der Waals surface area contributed by atoms with Crippen LogP contribution in [0, 0.1) is 5.92 Å². The number of nitrogens with one attached hydrogen (secondary N) is 1. The van der Waals surface area contributed by atoms with Crippen molar-refractivity contribution < 1.29 is 23.8 Å². The molecule has 0 bridgehead atoms. The smallest absolute Gasteiger partial charge is 0.328 e. The van der Waals surface area contributed by atoms with Crippen LogP contribution in [0.1, 0.15) is 18.1 Å². The van der Waals surface area contributed by atoms with Crippen LogP contribution in [0.3, 0.4) is 0 Å². The second-order valence-corrected chi connectivity index (χ2v) is 6.96. The fraction of sp³-hybridized carbons (Fsp3) is 0.333. The summed E-state index contributed by atoms with van der Waals surface area (Å²) in [5, 5.41) is 2.72. The fourth-order valence-corrected chi connectivity index (χ4v) is 3.13. The van der Waals surface area contributed by atoms with Gasteiger partial charge in [-0.15, -0.1) is 0 Å². The van der Waals surface area contributed by atoms with Gasteiger partial charge in [0.1, 0.15) is 12.6 Å². The van der Waals surface area contributed by atoms with Crippen molar-refractivity contribution in [1.82, 2.24) is 5.32 Å². The Bertz CT molecular complexity index is 827. The largest absolute Gasteiger partial charge is 0.459 e. The van der Waals surface area contributed by atoms with Crippen molar-refractivity contribution in [3.63, 3.8) is 0 Å². The molecule has 148 valence electrons. The van der Waals surface area contributed by atoms with Crippen LogP contribution < -0.4 is 14.8 Å². The van der Waals surface area contributed by atoms with Crippen LogP contribution in [0.25, 0.3) is 0 Å². The monoisotopic (exact) mass is 401 g/mol. The first-order valence-corrected chi connectivity index (χ1v) is 9.70. The van der Waals surface area contributed by atoms with Crippen LogP contribution >= 0.6 is 12.6 Å². The molecule has 1 aliphatic heterocycles. The summed E-state index contributed by atoms with van der Waals surface area (Å²) in [7, 11) is 0. The predicted octanol–water partition coefficient (Wildman–Crippen LogP) is 2.75. The molecule has 1 N–H and O–H groups in total. The zero-order valence-corrected chi connectivity index (χ0v) is 16.5. The van der Waals surface area contributed by atoms with Gasteiger partial charge in [-0.25, -0.2) is 4.79 Å². The highest BCUT2D eigenvalue weighted by Crippen LogP contribution is 2.33. The summed E-state index contributed by atoms with van der Waals surface area (Å²) >= 11 is 4.30. The van der Waals surface area contributed by atoms with Crippen LogP contribution in [-0.2, 0) is 27.4 Å². The van der Waals surface area contributed by atoms with E-state index in [0.717, 1.165) is 11.1 Å². The molecule has 6 nitrogen and oxygen atoms in total. The maximum Gasteiger partial charge on any atom is 0.328 e. The highest BCUT2D eigenvalue weighted by Gasteiger charge is 2.24. The Balaban J connectivity index is 1.51. The van der Waals surface area contributed by atoms with Crippen molar-refractivity contribution in [3.8, 4) is 11.5 Å². The zero-order valence-electron chi connectivity index (χ0n) is 15.6. The van der Waals surface area contributed by atoms with Gasteiger partial charge in [-0.05, 0) is 36.6 Å². The summed E-state index contributed by atoms with van der Waals surface area (Å²) in [4.78, 5) is 24.7. The number of amides is 1. The van der Waals surface area contributed by atoms with Crippen LogP contribution in [0.4, 0.5) is 0 Å². The number of esters is 1. The highest BCUT2D eigenvalue weighted by molar-refractivity contribution is 7.80. The molecule has 1 aliphatic rings. The second-order valence-electron chi connectivity index (χ2n) is 6.59. The number of rotatable bonds is 8. The van der Waals surface area contributed by atoms with Crippen LogP contribution in [-0.4, -0.2) is 30.5 Å². The van der Waals surface area contributed by atoms with E-state index in [2.05, 4.69) is 17.9 Å². The molecule has 0 fully saturated rings. The van der Waals surface area contributed by atoms with Gasteiger partial charge in [0.05, 0.1) is 5.92 Å². The number of hydrogen-bond donors (Lipinski definition) is 2. The van der Waals surface area contributed by atoms with Crippen molar-refractivity contribution in [1.29, 1.82) is 0 Å². The number of benzene rings is 2. The van der Waals surface area contributed by atoms with Crippen LogP contribution in [0.15, 0.2) is 48.5 Å². The number of carbonyl (C=O) groups is 2. The van der Waals surface area contributed by atoms with Gasteiger partial charge in [-0.2, -0.15) is 12.6 Å². The number of fused-ring (bicyclic) bond motifs is 1. The average molecular weight is 401 g/mol. The van der Waals surface area contributed by atoms with Gasteiger partial charge in [0, 0.05) is 5.75 Å². The van der Waals surface area contributed by atoms with Crippen molar-refractivity contribution in [2.75, 3.05) is 12.5 Å². The van der Waals surface area contributed by atoms with Crippen LogP contribution in [0.5, 0.6) is 11.5 Å². The standard InChI is InChI=1S/C21H23NO5S/c1-14(21(24)25-11-15-5-3-2-4-6-15)22-20(23)17(12-28)9-16-7-8-18-19(10-16)27-13-26-18/h2-8,10,14,17,28H,9,11-13H2,1H3,(H,22,23)/t14-,17+/m1/s1. The lowest BCUT2D eigenvalue weighted by Crippen LogP contribution is -2.43. The molecule has 0 spiro atoms. The molecule has 2 aromatic rings. The number of hydrogen-bond acceptors (Lipinski definition) is 6. The minimum atomic E-state index is -0.740. The molecule has 3 rings (SSSR count). The van der Waals surface area contributed by atoms with E-state index in [4.69, 9.17) is 14.2 Å². The van der Waals surface area contributed by atoms with E-state index in [1.54, 1.807) is 6.92 Å². The molecule has 0 radical (unpaired) electrons. The first kappa shape index (κ1) is 20.1. The zero-order chi connectivity index (χ0) is 19.9. The molecule has 7 heteroatoms. The van der Waals surface area contributed by atoms with Gasteiger partial charge < -0.3 is 19.5 Å². The van der Waals surface area contributed by atoms with E-state index >= 15 is 0 Å². The summed E-state index contributed by atoms with van der Waals surface area (Å²) in [6, 6.07) is 14.2. The Morgan fingerprint density at radius 1 is 1.11 bits per heavy atom. The third kappa shape index (κ3) is 5.19. The van der Waals surface area contributed by atoms with Crippen molar-refractivity contribution >= 4 is 24.5 Å². The summed E-state index contributed by atoms with van der Waals surface area (Å²) in [5.41, 5.74) is 1.84. The first-order chi connectivity index (χ1) is 13.6. The molecule has 0 aromatic heterocycles. The van der Waals surface area contributed by atoms with Gasteiger partial charge in [-0.1, -0.05) is 36.4 Å². The lowest BCUT2D eigenvalue weighted by atomic mass is 9.99. The molecule has 0 saturated carbocycles. The molecule has 2 aromatic carbocycles. The minimum absolute atomic E-state index is 0.174. The van der Waals surface area contributed by atoms with E-state index < -0.39 is 12.0 Å². The molecule has 28 heavy (non-hydrogen) atoms. The Kier molecular flexibility index (Phi) is 6.81. The maximum atomic E-state index is 12.6. The summed E-state index contributed by atoms with van der Waals surface area (Å²) < 4.78 is 15.9. The number of thiol groups is 1. The third-order valence-electron chi connectivity index (χ3n) is 4.45. The third-order valence-corrected chi connectivity index (χ3v) is 4.89. The normalized spacial score (nSPS) is 14.2. The SMILES string of the molecule is C[C@@H](NC(=O)[C@H](CS)Cc1ccc2c(c1)OCO2)C(=O)OCc1ccccc1. The minimum Gasteiger partial charge on any atom is -0.459 e. The molecule has 1 heterocycles. The number of ether oxygens (including phenoxy) is 3. The fourth-order valence-electron chi connectivity index (χ4n) is 2.84. The molecule has 0 aliphatic carbocycles. The van der Waals surface area contributed by atoms with E-state index in [-0.39, 0.29) is 25.2 Å². The molecule has 2 atom stereocenters. The summed E-state index contributed by atoms with van der Waals surface area (Å²) in [5.74, 6) is 0.633. The van der Waals surface area contributed by atoms with Crippen molar-refractivity contribution in [3.05, 3.63) is 59.7 Å². The molecule has 0 unspecified atom stereocenters. The Hall–Kier alpha value is -2.67. The van der Waals surface area contributed by atoms with E-state index in [1.165, 1.54) is 0 Å². The highest BCUT2D eigenvalue weighted by atomic mass is 32.1. The summed E-state index contributed by atoms with van der Waals surface area (Å²) in [6.45, 7) is 1.99. The van der Waals surface area contributed by atoms with E-state index in [1.807, 2.05) is 48.5 Å². The van der Waals surface area contributed by atoms with Gasteiger partial charge >= 0.3 is 5.97 Å². The van der Waals surface area contributed by atoms with Gasteiger partial charge in [-0.3, -0.25) is 4.79 Å². The van der Waals surface area contributed by atoms with E-state index in [0.29, 0.717) is 23.7 Å². The van der Waals surface area contributed by atoms with Crippen molar-refractivity contribution in [2.24, 2.45) is 5.92 Å². The molecular formula is C21H23NO5S. The summed E-state index contributed by atoms with van der Waals surface area (Å²) in [6.07, 6.45) is 0.484. The maximum absolute atomic E-state index is 12.6. The molecule has 1 amide bonds. The second kappa shape index (κ2) is 9.50. The predicted molar refractivity (Wildman–Crippen MR) is 107 cm³/mol. The van der Waals surface area contributed by atoms with Crippen LogP contribution in [0.2, 0.25) is 0 Å². The Labute approximate surface area is 169 Å². The quantitative estimate of drug-likeness (QED) is 0.526. The Morgan fingerprint density at radius 3 is 2.61 bits per heavy atom. The van der Waals surface area contributed by atoms with Gasteiger partial charge in [0.25, 0.3) is 0 Å². The van der Waals surface area contributed by atoms with Crippen molar-refractivity contribution in [2.45, 2.75) is 26.0 Å². The molecule has 0 saturated heterocycles. The lowest BCUT2D eigenvalue weighted by molar-refractivity contribution is -0.148. The Morgan fingerprint density at radius 2 is 1.86 bits per heavy atom. The average Bonchev–Trinajstić information content (AvgIpc) is 3.18. The van der Waals surface area contributed by atoms with E-state index in [9.17, 15) is 9.59 Å². The topological polar surface area (TPSA) is 73.9 Å².